The van der Waals surface area contributed by atoms with Crippen LogP contribution < -0.4 is 5.32 Å². The molecule has 5 heteroatoms. The minimum Gasteiger partial charge on any atom is -0.354 e. The molecule has 1 saturated carbocycles. The highest BCUT2D eigenvalue weighted by Crippen LogP contribution is 2.38. The zero-order valence-electron chi connectivity index (χ0n) is 12.1. The standard InChI is InChI=1S/C15H21N3S2/c1-3-16-15-17-13-12(9-10(2)19-13)14(18-15)20-11-7-5-4-6-8-11/h9,11H,3-8H2,1-2H3,(H,16,17,18). The van der Waals surface area contributed by atoms with Crippen molar-refractivity contribution in [3.8, 4) is 0 Å². The van der Waals surface area contributed by atoms with E-state index in [2.05, 4.69) is 30.2 Å². The van der Waals surface area contributed by atoms with Gasteiger partial charge in [-0.05, 0) is 32.8 Å². The molecule has 20 heavy (non-hydrogen) atoms. The number of thiophene rings is 1. The molecule has 3 nitrogen and oxygen atoms in total. The molecule has 0 aromatic carbocycles. The lowest BCUT2D eigenvalue weighted by molar-refractivity contribution is 0.516. The molecule has 0 radical (unpaired) electrons. The zero-order chi connectivity index (χ0) is 13.9. The first-order valence-electron chi connectivity index (χ1n) is 7.45. The molecule has 0 atom stereocenters. The van der Waals surface area contributed by atoms with Crippen molar-refractivity contribution in [2.45, 2.75) is 56.2 Å². The molecule has 0 aliphatic heterocycles. The van der Waals surface area contributed by atoms with Crippen LogP contribution in [0.3, 0.4) is 0 Å². The average Bonchev–Trinajstić information content (AvgIpc) is 2.81. The molecular formula is C15H21N3S2. The van der Waals surface area contributed by atoms with E-state index in [1.165, 1.54) is 47.4 Å². The van der Waals surface area contributed by atoms with Gasteiger partial charge in [0.1, 0.15) is 9.86 Å². The largest absolute Gasteiger partial charge is 0.354 e. The Balaban J connectivity index is 1.93. The van der Waals surface area contributed by atoms with Gasteiger partial charge in [-0.2, -0.15) is 0 Å². The third-order valence-corrected chi connectivity index (χ3v) is 5.93. The molecule has 1 N–H and O–H groups in total. The van der Waals surface area contributed by atoms with Crippen LogP contribution in [0.2, 0.25) is 0 Å². The Morgan fingerprint density at radius 1 is 1.30 bits per heavy atom. The van der Waals surface area contributed by atoms with Crippen LogP contribution in [0.25, 0.3) is 10.2 Å². The predicted molar refractivity (Wildman–Crippen MR) is 89.0 cm³/mol. The van der Waals surface area contributed by atoms with E-state index in [9.17, 15) is 0 Å². The highest BCUT2D eigenvalue weighted by molar-refractivity contribution is 8.00. The minimum absolute atomic E-state index is 0.733. The molecular weight excluding hydrogens is 286 g/mol. The fourth-order valence-corrected chi connectivity index (χ4v) is 4.93. The van der Waals surface area contributed by atoms with Crippen molar-refractivity contribution in [3.05, 3.63) is 10.9 Å². The van der Waals surface area contributed by atoms with Gasteiger partial charge in [0.25, 0.3) is 0 Å². The van der Waals surface area contributed by atoms with Gasteiger partial charge in [0.15, 0.2) is 0 Å². The van der Waals surface area contributed by atoms with Crippen molar-refractivity contribution in [2.24, 2.45) is 0 Å². The van der Waals surface area contributed by atoms with Crippen LogP contribution in [0.1, 0.15) is 43.9 Å². The van der Waals surface area contributed by atoms with Gasteiger partial charge in [-0.25, -0.2) is 9.97 Å². The van der Waals surface area contributed by atoms with E-state index in [4.69, 9.17) is 4.98 Å². The first kappa shape index (κ1) is 14.1. The number of fused-ring (bicyclic) bond motifs is 1. The van der Waals surface area contributed by atoms with Crippen molar-refractivity contribution in [3.63, 3.8) is 0 Å². The maximum absolute atomic E-state index is 4.75. The molecule has 0 amide bonds. The normalized spacial score (nSPS) is 16.7. The van der Waals surface area contributed by atoms with Crippen LogP contribution in [0.15, 0.2) is 11.1 Å². The molecule has 0 spiro atoms. The van der Waals surface area contributed by atoms with Crippen molar-refractivity contribution in [1.82, 2.24) is 9.97 Å². The lowest BCUT2D eigenvalue weighted by Gasteiger charge is -2.20. The maximum atomic E-state index is 4.75. The van der Waals surface area contributed by atoms with E-state index in [0.29, 0.717) is 0 Å². The molecule has 0 saturated heterocycles. The van der Waals surface area contributed by atoms with Gasteiger partial charge in [-0.3, -0.25) is 0 Å². The molecule has 108 valence electrons. The topological polar surface area (TPSA) is 37.8 Å². The van der Waals surface area contributed by atoms with Gasteiger partial charge in [0, 0.05) is 22.1 Å². The number of rotatable bonds is 4. The van der Waals surface area contributed by atoms with E-state index in [1.807, 2.05) is 11.8 Å². The van der Waals surface area contributed by atoms with E-state index in [-0.39, 0.29) is 0 Å². The summed E-state index contributed by atoms with van der Waals surface area (Å²) in [5, 5.41) is 6.40. The predicted octanol–water partition coefficient (Wildman–Crippen LogP) is 4.86. The Hall–Kier alpha value is -0.810. The molecule has 2 heterocycles. The van der Waals surface area contributed by atoms with E-state index in [1.54, 1.807) is 11.3 Å². The molecule has 3 rings (SSSR count). The number of aryl methyl sites for hydroxylation is 1. The summed E-state index contributed by atoms with van der Waals surface area (Å²) in [7, 11) is 0. The SMILES string of the molecule is CCNc1nc(SC2CCCCC2)c2cc(C)sc2n1. The van der Waals surface area contributed by atoms with Crippen LogP contribution in [0.4, 0.5) is 5.95 Å². The summed E-state index contributed by atoms with van der Waals surface area (Å²) in [6, 6.07) is 2.24. The fourth-order valence-electron chi connectivity index (χ4n) is 2.68. The molecule has 0 bridgehead atoms. The Bertz CT molecular complexity index is 588. The highest BCUT2D eigenvalue weighted by Gasteiger charge is 2.18. The minimum atomic E-state index is 0.733. The average molecular weight is 307 g/mol. The van der Waals surface area contributed by atoms with Crippen LogP contribution in [0.5, 0.6) is 0 Å². The van der Waals surface area contributed by atoms with Crippen LogP contribution in [-0.2, 0) is 0 Å². The number of anilines is 1. The van der Waals surface area contributed by atoms with Gasteiger partial charge in [0.05, 0.1) is 0 Å². The van der Waals surface area contributed by atoms with Gasteiger partial charge < -0.3 is 5.32 Å². The summed E-state index contributed by atoms with van der Waals surface area (Å²) in [6.45, 7) is 5.10. The lowest BCUT2D eigenvalue weighted by atomic mass is 10.0. The Morgan fingerprint density at radius 3 is 2.85 bits per heavy atom. The zero-order valence-corrected chi connectivity index (χ0v) is 13.7. The summed E-state index contributed by atoms with van der Waals surface area (Å²) >= 11 is 3.73. The van der Waals surface area contributed by atoms with E-state index >= 15 is 0 Å². The van der Waals surface area contributed by atoms with Gasteiger partial charge in [-0.15, -0.1) is 23.1 Å². The second-order valence-electron chi connectivity index (χ2n) is 5.34. The third kappa shape index (κ3) is 3.09. The van der Waals surface area contributed by atoms with Crippen molar-refractivity contribution < 1.29 is 0 Å². The van der Waals surface area contributed by atoms with E-state index < -0.39 is 0 Å². The monoisotopic (exact) mass is 307 g/mol. The van der Waals surface area contributed by atoms with Crippen molar-refractivity contribution in [1.29, 1.82) is 0 Å². The smallest absolute Gasteiger partial charge is 0.225 e. The molecule has 0 unspecified atom stereocenters. The van der Waals surface area contributed by atoms with Crippen LogP contribution in [0, 0.1) is 6.92 Å². The second kappa shape index (κ2) is 6.31. The highest BCUT2D eigenvalue weighted by atomic mass is 32.2. The Morgan fingerprint density at radius 2 is 2.10 bits per heavy atom. The number of aromatic nitrogens is 2. The van der Waals surface area contributed by atoms with Crippen LogP contribution in [-0.4, -0.2) is 21.8 Å². The van der Waals surface area contributed by atoms with Crippen molar-refractivity contribution >= 4 is 39.3 Å². The molecule has 2 aromatic rings. The number of nitrogens with one attached hydrogen (secondary N) is 1. The van der Waals surface area contributed by atoms with E-state index in [0.717, 1.165) is 22.6 Å². The summed E-state index contributed by atoms with van der Waals surface area (Å²) in [5.41, 5.74) is 0. The Labute approximate surface area is 128 Å². The number of nitrogens with zero attached hydrogens (tertiary/aromatic N) is 2. The fraction of sp³-hybridized carbons (Fsp3) is 0.600. The molecule has 1 aliphatic rings. The molecule has 1 aliphatic carbocycles. The summed E-state index contributed by atoms with van der Waals surface area (Å²) in [6.07, 6.45) is 6.80. The molecule has 2 aromatic heterocycles. The first-order valence-corrected chi connectivity index (χ1v) is 9.14. The summed E-state index contributed by atoms with van der Waals surface area (Å²) in [4.78, 5) is 11.8. The van der Waals surface area contributed by atoms with Gasteiger partial charge >= 0.3 is 0 Å². The lowest BCUT2D eigenvalue weighted by Crippen LogP contribution is -2.09. The first-order chi connectivity index (χ1) is 9.76. The third-order valence-electron chi connectivity index (χ3n) is 3.65. The quantitative estimate of drug-likeness (QED) is 0.819. The summed E-state index contributed by atoms with van der Waals surface area (Å²) < 4.78 is 0. The number of hydrogen-bond acceptors (Lipinski definition) is 5. The van der Waals surface area contributed by atoms with Gasteiger partial charge in [0.2, 0.25) is 5.95 Å². The Kier molecular flexibility index (Phi) is 4.46. The number of hydrogen-bond donors (Lipinski definition) is 1. The maximum Gasteiger partial charge on any atom is 0.225 e. The summed E-state index contributed by atoms with van der Waals surface area (Å²) in [5.74, 6) is 0.778. The van der Waals surface area contributed by atoms with Crippen molar-refractivity contribution in [2.75, 3.05) is 11.9 Å². The number of thioether (sulfide) groups is 1. The molecule has 1 fully saturated rings. The van der Waals surface area contributed by atoms with Crippen LogP contribution >= 0.6 is 23.1 Å². The second-order valence-corrected chi connectivity index (χ2v) is 7.86. The van der Waals surface area contributed by atoms with Gasteiger partial charge in [-0.1, -0.05) is 19.3 Å².